The van der Waals surface area contributed by atoms with E-state index in [1.807, 2.05) is 32.0 Å². The Bertz CT molecular complexity index is 757. The monoisotopic (exact) mass is 287 g/mol. The smallest absolute Gasteiger partial charge is 0.266 e. The molecule has 20 heavy (non-hydrogen) atoms. The molecular weight excluding hydrogens is 270 g/mol. The van der Waals surface area contributed by atoms with Crippen molar-refractivity contribution in [1.29, 1.82) is 0 Å². The number of amides is 1. The van der Waals surface area contributed by atoms with Gasteiger partial charge in [-0.15, -0.1) is 0 Å². The molecule has 0 aliphatic heterocycles. The van der Waals surface area contributed by atoms with Gasteiger partial charge in [0.25, 0.3) is 5.91 Å². The molecule has 0 aliphatic rings. The molecule has 4 heteroatoms. The summed E-state index contributed by atoms with van der Waals surface area (Å²) in [6.07, 6.45) is 1.49. The van der Waals surface area contributed by atoms with Crippen molar-refractivity contribution in [2.45, 2.75) is 18.7 Å². The maximum Gasteiger partial charge on any atom is 0.285 e. The lowest BCUT2D eigenvalue weighted by Crippen LogP contribution is -2.05. The predicted octanol–water partition coefficient (Wildman–Crippen LogP) is 3.60. The first kappa shape index (κ1) is 14.5. The van der Waals surface area contributed by atoms with Crippen LogP contribution in [0.4, 0.5) is 0 Å². The Balaban J connectivity index is 2.47. The molecule has 0 radical (unpaired) electrons. The van der Waals surface area contributed by atoms with E-state index in [9.17, 15) is 9.00 Å². The van der Waals surface area contributed by atoms with Crippen molar-refractivity contribution >= 4 is 15.6 Å². The van der Waals surface area contributed by atoms with Crippen LogP contribution >= 0.6 is 0 Å². The summed E-state index contributed by atoms with van der Waals surface area (Å²) in [5.41, 5.74) is 2.41. The zero-order valence-corrected chi connectivity index (χ0v) is 12.6. The first-order valence-corrected chi connectivity index (χ1v) is 8.22. The summed E-state index contributed by atoms with van der Waals surface area (Å²) in [6.45, 7) is 3.81. The second kappa shape index (κ2) is 5.59. The molecule has 0 spiro atoms. The van der Waals surface area contributed by atoms with E-state index in [1.54, 1.807) is 30.3 Å². The molecule has 0 fully saturated rings. The second-order valence-corrected chi connectivity index (χ2v) is 7.02. The maximum atomic E-state index is 12.6. The van der Waals surface area contributed by atoms with Gasteiger partial charge in [0.1, 0.15) is 0 Å². The van der Waals surface area contributed by atoms with Gasteiger partial charge in [-0.25, -0.2) is 4.21 Å². The van der Waals surface area contributed by atoms with Gasteiger partial charge < -0.3 is 0 Å². The molecule has 3 nitrogen and oxygen atoms in total. The molecule has 0 bridgehead atoms. The minimum absolute atomic E-state index is 0.428. The van der Waals surface area contributed by atoms with Gasteiger partial charge in [-0.3, -0.25) is 4.79 Å². The topological polar surface area (TPSA) is 46.5 Å². The lowest BCUT2D eigenvalue weighted by molar-refractivity contribution is 0.100. The summed E-state index contributed by atoms with van der Waals surface area (Å²) in [7, 11) is -2.71. The number of nitrogens with zero attached hydrogens (tertiary/aromatic N) is 1. The van der Waals surface area contributed by atoms with Gasteiger partial charge in [-0.05, 0) is 43.2 Å². The van der Waals surface area contributed by atoms with Crippen LogP contribution in [0.2, 0.25) is 0 Å². The first-order valence-electron chi connectivity index (χ1n) is 6.29. The van der Waals surface area contributed by atoms with Crippen molar-refractivity contribution in [2.75, 3.05) is 6.26 Å². The van der Waals surface area contributed by atoms with Gasteiger partial charge >= 0.3 is 0 Å². The average molecular weight is 287 g/mol. The molecule has 2 aromatic carbocycles. The Morgan fingerprint density at radius 3 is 2.30 bits per heavy atom. The van der Waals surface area contributed by atoms with E-state index in [0.29, 0.717) is 10.5 Å². The Hall–Kier alpha value is -1.94. The minimum Gasteiger partial charge on any atom is -0.266 e. The second-order valence-electron chi connectivity index (χ2n) is 4.76. The van der Waals surface area contributed by atoms with Crippen LogP contribution in [0.1, 0.15) is 21.5 Å². The van der Waals surface area contributed by atoms with Crippen LogP contribution in [0.5, 0.6) is 0 Å². The number of aryl methyl sites for hydroxylation is 1. The summed E-state index contributed by atoms with van der Waals surface area (Å²) in [4.78, 5) is 12.8. The molecule has 1 unspecified atom stereocenters. The third-order valence-corrected chi connectivity index (χ3v) is 4.93. The predicted molar refractivity (Wildman–Crippen MR) is 81.4 cm³/mol. The van der Waals surface area contributed by atoms with Gasteiger partial charge in [-0.2, -0.15) is 4.36 Å². The highest BCUT2D eigenvalue weighted by Gasteiger charge is 2.13. The van der Waals surface area contributed by atoms with Gasteiger partial charge in [0.05, 0.1) is 9.73 Å². The molecule has 0 saturated carbocycles. The molecule has 0 saturated heterocycles. The molecular formula is C16H17NO2S. The van der Waals surface area contributed by atoms with Crippen LogP contribution in [0.15, 0.2) is 57.8 Å². The normalized spacial score (nSPS) is 13.6. The average Bonchev–Trinajstić information content (AvgIpc) is 2.42. The van der Waals surface area contributed by atoms with Crippen molar-refractivity contribution in [3.8, 4) is 0 Å². The molecule has 2 rings (SSSR count). The number of hydrogen-bond donors (Lipinski definition) is 0. The molecule has 0 N–H and O–H groups in total. The van der Waals surface area contributed by atoms with E-state index in [0.717, 1.165) is 11.1 Å². The Morgan fingerprint density at radius 1 is 1.00 bits per heavy atom. The van der Waals surface area contributed by atoms with Gasteiger partial charge in [-0.1, -0.05) is 30.3 Å². The lowest BCUT2D eigenvalue weighted by atomic mass is 10.0. The summed E-state index contributed by atoms with van der Waals surface area (Å²) in [6, 6.07) is 14.3. The van der Waals surface area contributed by atoms with Crippen LogP contribution in [-0.4, -0.2) is 16.4 Å². The highest BCUT2D eigenvalue weighted by molar-refractivity contribution is 7.93. The van der Waals surface area contributed by atoms with Gasteiger partial charge in [0.15, 0.2) is 0 Å². The Morgan fingerprint density at radius 2 is 1.65 bits per heavy atom. The fraction of sp³-hybridized carbons (Fsp3) is 0.188. The van der Waals surface area contributed by atoms with Crippen LogP contribution in [0, 0.1) is 13.8 Å². The number of rotatable bonds is 2. The zero-order valence-electron chi connectivity index (χ0n) is 11.8. The van der Waals surface area contributed by atoms with Crippen LogP contribution in [-0.2, 0) is 9.73 Å². The summed E-state index contributed by atoms with van der Waals surface area (Å²) >= 11 is 0. The maximum absolute atomic E-state index is 12.6. The van der Waals surface area contributed by atoms with E-state index in [1.165, 1.54) is 6.26 Å². The van der Waals surface area contributed by atoms with Crippen molar-refractivity contribution < 1.29 is 9.00 Å². The van der Waals surface area contributed by atoms with E-state index in [4.69, 9.17) is 0 Å². The Labute approximate surface area is 119 Å². The number of benzene rings is 2. The molecule has 0 aromatic heterocycles. The fourth-order valence-electron chi connectivity index (χ4n) is 1.92. The lowest BCUT2D eigenvalue weighted by Gasteiger charge is -2.07. The van der Waals surface area contributed by atoms with E-state index in [-0.39, 0.29) is 0 Å². The van der Waals surface area contributed by atoms with E-state index < -0.39 is 15.6 Å². The van der Waals surface area contributed by atoms with Crippen LogP contribution in [0.25, 0.3) is 0 Å². The molecule has 1 atom stereocenters. The summed E-state index contributed by atoms with van der Waals surface area (Å²) in [5.74, 6) is -0.428. The van der Waals surface area contributed by atoms with Crippen molar-refractivity contribution in [3.05, 3.63) is 65.2 Å². The van der Waals surface area contributed by atoms with Crippen LogP contribution in [0.3, 0.4) is 0 Å². The third-order valence-electron chi connectivity index (χ3n) is 3.27. The molecule has 2 aromatic rings. The summed E-state index contributed by atoms with van der Waals surface area (Å²) < 4.78 is 16.5. The number of hydrogen-bond acceptors (Lipinski definition) is 2. The standard InChI is InChI=1S/C16H17NO2S/c1-12-8-7-11-15(13(12)2)16(18)17-20(3,19)14-9-5-4-6-10-14/h4-11H,1-3H3. The highest BCUT2D eigenvalue weighted by Crippen LogP contribution is 2.17. The summed E-state index contributed by atoms with van der Waals surface area (Å²) in [5, 5.41) is 0. The van der Waals surface area contributed by atoms with Crippen molar-refractivity contribution in [1.82, 2.24) is 0 Å². The van der Waals surface area contributed by atoms with Gasteiger partial charge in [0, 0.05) is 16.7 Å². The van der Waals surface area contributed by atoms with Crippen molar-refractivity contribution in [3.63, 3.8) is 0 Å². The van der Waals surface area contributed by atoms with Crippen LogP contribution < -0.4 is 0 Å². The highest BCUT2D eigenvalue weighted by atomic mass is 32.2. The quantitative estimate of drug-likeness (QED) is 0.847. The van der Waals surface area contributed by atoms with E-state index in [2.05, 4.69) is 4.36 Å². The fourth-order valence-corrected chi connectivity index (χ4v) is 3.10. The zero-order chi connectivity index (χ0) is 14.8. The number of carbonyl (C=O) groups excluding carboxylic acids is 1. The molecule has 1 amide bonds. The van der Waals surface area contributed by atoms with E-state index >= 15 is 0 Å². The third kappa shape index (κ3) is 2.96. The largest absolute Gasteiger partial charge is 0.285 e. The van der Waals surface area contributed by atoms with Gasteiger partial charge in [0.2, 0.25) is 0 Å². The molecule has 0 aliphatic carbocycles. The number of carbonyl (C=O) groups is 1. The molecule has 104 valence electrons. The Kier molecular flexibility index (Phi) is 4.04. The molecule has 0 heterocycles. The first-order chi connectivity index (χ1) is 9.42. The minimum atomic E-state index is -2.71. The van der Waals surface area contributed by atoms with Crippen molar-refractivity contribution in [2.24, 2.45) is 4.36 Å². The SMILES string of the molecule is Cc1cccc(C(=O)N=S(C)(=O)c2ccccc2)c1C.